The zero-order valence-corrected chi connectivity index (χ0v) is 9.09. The van der Waals surface area contributed by atoms with Crippen LogP contribution in [0, 0.1) is 0 Å². The SMILES string of the molecule is c1cc(-c2cnc(CNC3CC3)o2)cs1. The number of hydrogen-bond donors (Lipinski definition) is 1. The molecule has 0 unspecified atom stereocenters. The maximum absolute atomic E-state index is 5.64. The maximum Gasteiger partial charge on any atom is 0.208 e. The van der Waals surface area contributed by atoms with Gasteiger partial charge in [-0.15, -0.1) is 0 Å². The van der Waals surface area contributed by atoms with Crippen LogP contribution >= 0.6 is 11.3 Å². The summed E-state index contributed by atoms with van der Waals surface area (Å²) in [6, 6.07) is 2.74. The van der Waals surface area contributed by atoms with Crippen LogP contribution in [0.3, 0.4) is 0 Å². The third kappa shape index (κ3) is 2.11. The molecule has 1 aliphatic rings. The molecular weight excluding hydrogens is 208 g/mol. The fourth-order valence-electron chi connectivity index (χ4n) is 1.45. The number of oxazole rings is 1. The van der Waals surface area contributed by atoms with E-state index in [1.165, 1.54) is 12.8 Å². The lowest BCUT2D eigenvalue weighted by molar-refractivity contribution is 0.477. The lowest BCUT2D eigenvalue weighted by atomic mass is 10.3. The molecule has 0 spiro atoms. The summed E-state index contributed by atoms with van der Waals surface area (Å²) in [5, 5.41) is 7.49. The largest absolute Gasteiger partial charge is 0.439 e. The van der Waals surface area contributed by atoms with Gasteiger partial charge in [-0.05, 0) is 24.3 Å². The summed E-state index contributed by atoms with van der Waals surface area (Å²) in [5.41, 5.74) is 1.12. The first-order valence-electron chi connectivity index (χ1n) is 5.12. The van der Waals surface area contributed by atoms with Gasteiger partial charge in [-0.25, -0.2) is 4.98 Å². The first-order chi connectivity index (χ1) is 7.42. The molecule has 0 atom stereocenters. The molecule has 1 saturated carbocycles. The summed E-state index contributed by atoms with van der Waals surface area (Å²) >= 11 is 1.67. The molecule has 4 heteroatoms. The summed E-state index contributed by atoms with van der Waals surface area (Å²) < 4.78 is 5.64. The van der Waals surface area contributed by atoms with Crippen LogP contribution in [0.4, 0.5) is 0 Å². The molecule has 0 aromatic carbocycles. The molecular formula is C11H12N2OS. The van der Waals surface area contributed by atoms with Crippen molar-refractivity contribution in [2.24, 2.45) is 0 Å². The summed E-state index contributed by atoms with van der Waals surface area (Å²) in [5.74, 6) is 1.65. The molecule has 0 bridgehead atoms. The molecule has 0 radical (unpaired) electrons. The van der Waals surface area contributed by atoms with E-state index < -0.39 is 0 Å². The molecule has 1 aliphatic carbocycles. The van der Waals surface area contributed by atoms with Gasteiger partial charge < -0.3 is 9.73 Å². The summed E-state index contributed by atoms with van der Waals surface area (Å²) in [7, 11) is 0. The summed E-state index contributed by atoms with van der Waals surface area (Å²) in [4.78, 5) is 4.25. The molecule has 1 N–H and O–H groups in total. The van der Waals surface area contributed by atoms with Crippen molar-refractivity contribution in [2.75, 3.05) is 0 Å². The average Bonchev–Trinajstić information content (AvgIpc) is 2.78. The average molecular weight is 220 g/mol. The molecule has 0 amide bonds. The van der Waals surface area contributed by atoms with Gasteiger partial charge >= 0.3 is 0 Å². The first kappa shape index (κ1) is 9.12. The van der Waals surface area contributed by atoms with Gasteiger partial charge in [0.1, 0.15) is 0 Å². The molecule has 1 fully saturated rings. The van der Waals surface area contributed by atoms with Crippen molar-refractivity contribution in [1.29, 1.82) is 0 Å². The summed E-state index contributed by atoms with van der Waals surface area (Å²) in [6.45, 7) is 0.745. The van der Waals surface area contributed by atoms with Crippen LogP contribution in [0.25, 0.3) is 11.3 Å². The van der Waals surface area contributed by atoms with E-state index in [-0.39, 0.29) is 0 Å². The Hall–Kier alpha value is -1.13. The Labute approximate surface area is 92.1 Å². The Morgan fingerprint density at radius 3 is 3.20 bits per heavy atom. The monoisotopic (exact) mass is 220 g/mol. The molecule has 0 aliphatic heterocycles. The van der Waals surface area contributed by atoms with Gasteiger partial charge in [0.2, 0.25) is 5.89 Å². The Morgan fingerprint density at radius 2 is 2.47 bits per heavy atom. The number of aromatic nitrogens is 1. The van der Waals surface area contributed by atoms with Crippen molar-refractivity contribution in [2.45, 2.75) is 25.4 Å². The molecule has 2 aromatic heterocycles. The van der Waals surface area contributed by atoms with Gasteiger partial charge in [0, 0.05) is 17.0 Å². The van der Waals surface area contributed by atoms with E-state index in [1.54, 1.807) is 17.5 Å². The standard InChI is InChI=1S/C11H12N2OS/c1-2-9(1)12-6-11-13-5-10(14-11)8-3-4-15-7-8/h3-5,7,9,12H,1-2,6H2. The Kier molecular flexibility index (Phi) is 2.31. The lowest BCUT2D eigenvalue weighted by Gasteiger charge is -1.96. The van der Waals surface area contributed by atoms with Crippen LogP contribution in [0.1, 0.15) is 18.7 Å². The number of hydrogen-bond acceptors (Lipinski definition) is 4. The maximum atomic E-state index is 5.64. The van der Waals surface area contributed by atoms with Gasteiger partial charge in [-0.3, -0.25) is 0 Å². The molecule has 0 saturated heterocycles. The van der Waals surface area contributed by atoms with E-state index in [1.807, 2.05) is 11.4 Å². The van der Waals surface area contributed by atoms with E-state index in [9.17, 15) is 0 Å². The molecule has 2 heterocycles. The minimum Gasteiger partial charge on any atom is -0.439 e. The fraction of sp³-hybridized carbons (Fsp3) is 0.364. The third-order valence-electron chi connectivity index (χ3n) is 2.48. The van der Waals surface area contributed by atoms with Crippen molar-refractivity contribution in [3.8, 4) is 11.3 Å². The van der Waals surface area contributed by atoms with E-state index in [0.29, 0.717) is 6.04 Å². The second kappa shape index (κ2) is 3.79. The van der Waals surface area contributed by atoms with E-state index in [0.717, 1.165) is 23.8 Å². The zero-order valence-electron chi connectivity index (χ0n) is 8.27. The minimum absolute atomic E-state index is 0.696. The Bertz CT molecular complexity index is 431. The Morgan fingerprint density at radius 1 is 1.53 bits per heavy atom. The first-order valence-corrected chi connectivity index (χ1v) is 6.07. The smallest absolute Gasteiger partial charge is 0.208 e. The quantitative estimate of drug-likeness (QED) is 0.860. The number of thiophene rings is 1. The van der Waals surface area contributed by atoms with Crippen LogP contribution in [-0.2, 0) is 6.54 Å². The minimum atomic E-state index is 0.696. The predicted molar refractivity (Wildman–Crippen MR) is 59.7 cm³/mol. The van der Waals surface area contributed by atoms with Crippen molar-refractivity contribution in [1.82, 2.24) is 10.3 Å². The van der Waals surface area contributed by atoms with Gasteiger partial charge in [0.05, 0.1) is 12.7 Å². The van der Waals surface area contributed by atoms with Gasteiger partial charge in [-0.1, -0.05) is 0 Å². The lowest BCUT2D eigenvalue weighted by Crippen LogP contribution is -2.15. The van der Waals surface area contributed by atoms with Crippen molar-refractivity contribution < 1.29 is 4.42 Å². The van der Waals surface area contributed by atoms with E-state index in [4.69, 9.17) is 4.42 Å². The van der Waals surface area contributed by atoms with Crippen molar-refractivity contribution in [3.63, 3.8) is 0 Å². The van der Waals surface area contributed by atoms with Gasteiger partial charge in [-0.2, -0.15) is 11.3 Å². The van der Waals surface area contributed by atoms with Crippen LogP contribution < -0.4 is 5.32 Å². The normalized spacial score (nSPS) is 15.7. The second-order valence-electron chi connectivity index (χ2n) is 3.79. The molecule has 3 nitrogen and oxygen atoms in total. The highest BCUT2D eigenvalue weighted by atomic mass is 32.1. The van der Waals surface area contributed by atoms with E-state index in [2.05, 4.69) is 15.7 Å². The molecule has 78 valence electrons. The molecule has 2 aromatic rings. The summed E-state index contributed by atoms with van der Waals surface area (Å²) in [6.07, 6.45) is 4.38. The highest BCUT2D eigenvalue weighted by molar-refractivity contribution is 7.08. The number of nitrogens with one attached hydrogen (secondary N) is 1. The van der Waals surface area contributed by atoms with Crippen LogP contribution in [-0.4, -0.2) is 11.0 Å². The van der Waals surface area contributed by atoms with Crippen LogP contribution in [0.15, 0.2) is 27.4 Å². The van der Waals surface area contributed by atoms with E-state index >= 15 is 0 Å². The topological polar surface area (TPSA) is 38.1 Å². The number of rotatable bonds is 4. The van der Waals surface area contributed by atoms with Crippen molar-refractivity contribution >= 4 is 11.3 Å². The molecule has 3 rings (SSSR count). The fourth-order valence-corrected chi connectivity index (χ4v) is 2.09. The van der Waals surface area contributed by atoms with Gasteiger partial charge in [0.25, 0.3) is 0 Å². The highest BCUT2D eigenvalue weighted by Crippen LogP contribution is 2.23. The van der Waals surface area contributed by atoms with Gasteiger partial charge in [0.15, 0.2) is 5.76 Å². The predicted octanol–water partition coefficient (Wildman–Crippen LogP) is 2.66. The number of nitrogens with zero attached hydrogens (tertiary/aromatic N) is 1. The van der Waals surface area contributed by atoms with Crippen molar-refractivity contribution in [3.05, 3.63) is 28.9 Å². The highest BCUT2D eigenvalue weighted by Gasteiger charge is 2.20. The zero-order chi connectivity index (χ0) is 10.1. The Balaban J connectivity index is 1.69. The van der Waals surface area contributed by atoms with Crippen LogP contribution in [0.2, 0.25) is 0 Å². The second-order valence-corrected chi connectivity index (χ2v) is 4.57. The third-order valence-corrected chi connectivity index (χ3v) is 3.16. The van der Waals surface area contributed by atoms with Crippen LogP contribution in [0.5, 0.6) is 0 Å². The molecule has 15 heavy (non-hydrogen) atoms.